The molecule has 12 nitrogen and oxygen atoms in total. The predicted molar refractivity (Wildman–Crippen MR) is 149 cm³/mol. The number of aliphatic carboxylic acids is 2. The fourth-order valence-corrected chi connectivity index (χ4v) is 2.91. The Morgan fingerprint density at radius 3 is 1.33 bits per heavy atom. The van der Waals surface area contributed by atoms with Crippen molar-refractivity contribution in [1.29, 1.82) is 0 Å². The van der Waals surface area contributed by atoms with Crippen molar-refractivity contribution < 1.29 is 34.2 Å². The van der Waals surface area contributed by atoms with Crippen LogP contribution in [-0.4, -0.2) is 56.6 Å². The lowest BCUT2D eigenvalue weighted by molar-refractivity contribution is -0.141. The second-order valence-electron chi connectivity index (χ2n) is 7.44. The van der Waals surface area contributed by atoms with Gasteiger partial charge in [-0.05, 0) is 36.4 Å². The van der Waals surface area contributed by atoms with Gasteiger partial charge in [-0.15, -0.1) is 0 Å². The molecule has 0 heterocycles. The van der Waals surface area contributed by atoms with Crippen LogP contribution in [0.4, 0.5) is 5.69 Å². The SMILES string of the molecule is O=C(CI)Nc1ccccc1.O=C(NC(N=NC(NC(=O)c1ccccc1)C(=O)O)C(=O)O)c1ccccc1. The van der Waals surface area contributed by atoms with E-state index < -0.39 is 36.1 Å². The van der Waals surface area contributed by atoms with Crippen LogP contribution in [0.25, 0.3) is 0 Å². The first kappa shape index (κ1) is 30.6. The third kappa shape index (κ3) is 11.1. The summed E-state index contributed by atoms with van der Waals surface area (Å²) in [5, 5.41) is 32.0. The molecule has 0 aliphatic carbocycles. The quantitative estimate of drug-likeness (QED) is 0.127. The fourth-order valence-electron chi connectivity index (χ4n) is 2.72. The fraction of sp³-hybridized carbons (Fsp3) is 0.115. The van der Waals surface area contributed by atoms with Crippen LogP contribution in [0.5, 0.6) is 0 Å². The lowest BCUT2D eigenvalue weighted by atomic mass is 10.2. The van der Waals surface area contributed by atoms with Gasteiger partial charge in [-0.25, -0.2) is 9.59 Å². The zero-order valence-corrected chi connectivity index (χ0v) is 22.4. The van der Waals surface area contributed by atoms with E-state index in [4.69, 9.17) is 0 Å². The molecule has 2 atom stereocenters. The summed E-state index contributed by atoms with van der Waals surface area (Å²) >= 11 is 2.03. The van der Waals surface area contributed by atoms with Crippen LogP contribution in [0.2, 0.25) is 0 Å². The standard InChI is InChI=1S/C18H16N4O6.C8H8INO/c23-15(11-7-3-1-4-8-11)19-13(17(25)26)21-22-14(18(27)28)20-16(24)12-9-5-2-6-10-12;9-6-8(11)10-7-4-2-1-3-5-7/h1-10,13-14H,(H,19,23)(H,20,24)(H,25,26)(H,27,28);1-5H,6H2,(H,10,11). The molecule has 13 heteroatoms. The third-order valence-electron chi connectivity index (χ3n) is 4.55. The molecule has 0 saturated heterocycles. The maximum Gasteiger partial charge on any atom is 0.351 e. The van der Waals surface area contributed by atoms with Crippen molar-refractivity contribution in [1.82, 2.24) is 10.6 Å². The Morgan fingerprint density at radius 1 is 0.641 bits per heavy atom. The van der Waals surface area contributed by atoms with Gasteiger partial charge >= 0.3 is 11.9 Å². The van der Waals surface area contributed by atoms with Crippen LogP contribution in [0.1, 0.15) is 20.7 Å². The molecule has 2 unspecified atom stereocenters. The minimum absolute atomic E-state index is 0.0387. The number of carboxylic acids is 2. The first-order valence-corrected chi connectivity index (χ1v) is 12.7. The summed E-state index contributed by atoms with van der Waals surface area (Å²) in [7, 11) is 0. The number of alkyl halides is 1. The summed E-state index contributed by atoms with van der Waals surface area (Å²) in [6, 6.07) is 25.0. The Balaban J connectivity index is 0.000000404. The number of carbonyl (C=O) groups is 5. The van der Waals surface area contributed by atoms with Crippen LogP contribution < -0.4 is 16.0 Å². The van der Waals surface area contributed by atoms with Crippen molar-refractivity contribution in [3.63, 3.8) is 0 Å². The highest BCUT2D eigenvalue weighted by Gasteiger charge is 2.24. The molecule has 202 valence electrons. The number of anilines is 1. The molecule has 0 saturated carbocycles. The van der Waals surface area contributed by atoms with E-state index in [9.17, 15) is 34.2 Å². The number of rotatable bonds is 10. The number of hydrogen-bond acceptors (Lipinski definition) is 7. The first-order chi connectivity index (χ1) is 18.7. The summed E-state index contributed by atoms with van der Waals surface area (Å²) < 4.78 is 0.493. The van der Waals surface area contributed by atoms with Crippen LogP contribution in [0.15, 0.2) is 101 Å². The van der Waals surface area contributed by atoms with Gasteiger partial charge in [-0.1, -0.05) is 77.2 Å². The predicted octanol–water partition coefficient (Wildman–Crippen LogP) is 3.18. The molecular weight excluding hydrogens is 621 g/mol. The van der Waals surface area contributed by atoms with E-state index in [0.29, 0.717) is 4.43 Å². The van der Waals surface area contributed by atoms with Gasteiger partial charge in [-0.3, -0.25) is 14.4 Å². The van der Waals surface area contributed by atoms with Crippen LogP contribution in [-0.2, 0) is 14.4 Å². The zero-order chi connectivity index (χ0) is 28.6. The average molecular weight is 645 g/mol. The lowest BCUT2D eigenvalue weighted by Crippen LogP contribution is -2.42. The minimum Gasteiger partial charge on any atom is -0.478 e. The number of para-hydroxylation sites is 1. The van der Waals surface area contributed by atoms with Gasteiger partial charge in [0.15, 0.2) is 0 Å². The maximum absolute atomic E-state index is 12.0. The first-order valence-electron chi connectivity index (χ1n) is 11.2. The molecule has 0 radical (unpaired) electrons. The molecule has 3 amide bonds. The summed E-state index contributed by atoms with van der Waals surface area (Å²) in [6.45, 7) is 0. The van der Waals surface area contributed by atoms with Gasteiger partial charge in [0.25, 0.3) is 11.8 Å². The van der Waals surface area contributed by atoms with E-state index in [2.05, 4.69) is 26.2 Å². The highest BCUT2D eigenvalue weighted by atomic mass is 127. The van der Waals surface area contributed by atoms with Crippen molar-refractivity contribution in [3.8, 4) is 0 Å². The Morgan fingerprint density at radius 2 is 1.00 bits per heavy atom. The van der Waals surface area contributed by atoms with Gasteiger partial charge in [0, 0.05) is 16.8 Å². The number of hydrogen-bond donors (Lipinski definition) is 5. The third-order valence-corrected chi connectivity index (χ3v) is 5.24. The number of amides is 3. The Kier molecular flexibility index (Phi) is 12.7. The smallest absolute Gasteiger partial charge is 0.351 e. The number of nitrogens with one attached hydrogen (secondary N) is 3. The molecule has 0 aliphatic heterocycles. The molecule has 0 fully saturated rings. The van der Waals surface area contributed by atoms with Gasteiger partial charge < -0.3 is 26.2 Å². The average Bonchev–Trinajstić information content (AvgIpc) is 2.95. The second kappa shape index (κ2) is 16.2. The van der Waals surface area contributed by atoms with Crippen molar-refractivity contribution in [2.45, 2.75) is 12.3 Å². The van der Waals surface area contributed by atoms with Gasteiger partial charge in [-0.2, -0.15) is 10.2 Å². The molecule has 3 rings (SSSR count). The van der Waals surface area contributed by atoms with E-state index in [1.54, 1.807) is 36.4 Å². The van der Waals surface area contributed by atoms with Crippen molar-refractivity contribution in [2.24, 2.45) is 10.2 Å². The van der Waals surface area contributed by atoms with Crippen molar-refractivity contribution in [3.05, 3.63) is 102 Å². The topological polar surface area (TPSA) is 187 Å². The Labute approximate surface area is 236 Å². The van der Waals surface area contributed by atoms with Crippen LogP contribution in [0.3, 0.4) is 0 Å². The summed E-state index contributed by atoms with van der Waals surface area (Å²) in [5.41, 5.74) is 1.24. The molecule has 5 N–H and O–H groups in total. The largest absolute Gasteiger partial charge is 0.478 e. The molecule has 0 aromatic heterocycles. The molecular formula is C26H24IN5O7. The summed E-state index contributed by atoms with van der Waals surface area (Å²) in [6.07, 6.45) is -3.66. The molecule has 0 spiro atoms. The van der Waals surface area contributed by atoms with E-state index in [1.807, 2.05) is 52.9 Å². The van der Waals surface area contributed by atoms with Crippen molar-refractivity contribution >= 4 is 57.9 Å². The molecule has 39 heavy (non-hydrogen) atoms. The molecule has 0 bridgehead atoms. The second-order valence-corrected chi connectivity index (χ2v) is 8.20. The van der Waals surface area contributed by atoms with Gasteiger partial charge in [0.05, 0.1) is 4.43 Å². The number of azo groups is 1. The van der Waals surface area contributed by atoms with Crippen LogP contribution in [0, 0.1) is 0 Å². The number of nitrogens with zero attached hydrogens (tertiary/aromatic N) is 2. The normalized spacial score (nSPS) is 11.7. The highest BCUT2D eigenvalue weighted by molar-refractivity contribution is 14.1. The van der Waals surface area contributed by atoms with Gasteiger partial charge in [0.1, 0.15) is 0 Å². The van der Waals surface area contributed by atoms with E-state index >= 15 is 0 Å². The van der Waals surface area contributed by atoms with Crippen molar-refractivity contribution in [2.75, 3.05) is 9.74 Å². The molecule has 3 aromatic carbocycles. The molecule has 0 aliphatic rings. The maximum atomic E-state index is 12.0. The number of benzene rings is 3. The van der Waals surface area contributed by atoms with E-state index in [0.717, 1.165) is 5.69 Å². The monoisotopic (exact) mass is 645 g/mol. The summed E-state index contributed by atoms with van der Waals surface area (Å²) in [4.78, 5) is 57.5. The van der Waals surface area contributed by atoms with Gasteiger partial charge in [0.2, 0.25) is 18.2 Å². The van der Waals surface area contributed by atoms with E-state index in [1.165, 1.54) is 24.3 Å². The minimum atomic E-state index is -1.83. The number of carbonyl (C=O) groups excluding carboxylic acids is 3. The molecule has 3 aromatic rings. The highest BCUT2D eigenvalue weighted by Crippen LogP contribution is 2.05. The Bertz CT molecular complexity index is 1220. The summed E-state index contributed by atoms with van der Waals surface area (Å²) in [5.74, 6) is -4.52. The lowest BCUT2D eigenvalue weighted by Gasteiger charge is -2.12. The van der Waals surface area contributed by atoms with Crippen LogP contribution >= 0.6 is 22.6 Å². The zero-order valence-electron chi connectivity index (χ0n) is 20.2. The van der Waals surface area contributed by atoms with E-state index in [-0.39, 0.29) is 17.0 Å². The Hall–Kier alpha value is -4.66. The number of halogens is 1. The number of carboxylic acid groups (broad SMARTS) is 2.